The summed E-state index contributed by atoms with van der Waals surface area (Å²) in [7, 11) is 0. The fourth-order valence-corrected chi connectivity index (χ4v) is 4.15. The summed E-state index contributed by atoms with van der Waals surface area (Å²) in [6.45, 7) is 2.11. The molecular formula is C20H14ClFN2OS. The molecule has 0 radical (unpaired) electrons. The third-order valence-electron chi connectivity index (χ3n) is 4.29. The van der Waals surface area contributed by atoms with Gasteiger partial charge in [0, 0.05) is 21.0 Å². The van der Waals surface area contributed by atoms with Gasteiger partial charge in [0.15, 0.2) is 0 Å². The first-order valence-electron chi connectivity index (χ1n) is 8.02. The lowest BCUT2D eigenvalue weighted by Crippen LogP contribution is -2.21. The molecule has 0 fully saturated rings. The lowest BCUT2D eigenvalue weighted by molar-refractivity contribution is 0.595. The Morgan fingerprint density at radius 3 is 2.62 bits per heavy atom. The van der Waals surface area contributed by atoms with Crippen molar-refractivity contribution in [1.82, 2.24) is 9.55 Å². The molecule has 4 aromatic rings. The number of aromatic nitrogens is 2. The molecule has 3 nitrogen and oxygen atoms in total. The standard InChI is InChI=1S/C20H14ClFN2OS/c1-12-17(13-6-8-15(21)9-7-13)18-19(26-12)23-11-24(20(18)25)10-14-4-2-3-5-16(14)22/h2-9,11H,10H2,1H3. The minimum atomic E-state index is -0.334. The monoisotopic (exact) mass is 384 g/mol. The van der Waals surface area contributed by atoms with E-state index in [2.05, 4.69) is 4.98 Å². The zero-order valence-corrected chi connectivity index (χ0v) is 15.4. The van der Waals surface area contributed by atoms with E-state index >= 15 is 0 Å². The Hall–Kier alpha value is -2.50. The van der Waals surface area contributed by atoms with Gasteiger partial charge in [0.2, 0.25) is 0 Å². The molecule has 0 aliphatic heterocycles. The lowest BCUT2D eigenvalue weighted by atomic mass is 10.0. The van der Waals surface area contributed by atoms with E-state index < -0.39 is 0 Å². The molecule has 0 saturated heterocycles. The van der Waals surface area contributed by atoms with Crippen molar-refractivity contribution in [2.45, 2.75) is 13.5 Å². The minimum absolute atomic E-state index is 0.142. The molecule has 2 heterocycles. The highest BCUT2D eigenvalue weighted by Crippen LogP contribution is 2.35. The van der Waals surface area contributed by atoms with Crippen molar-refractivity contribution in [2.75, 3.05) is 0 Å². The molecule has 6 heteroatoms. The van der Waals surface area contributed by atoms with E-state index in [4.69, 9.17) is 11.6 Å². The van der Waals surface area contributed by atoms with Gasteiger partial charge in [-0.25, -0.2) is 9.37 Å². The number of benzene rings is 2. The Balaban J connectivity index is 1.89. The Morgan fingerprint density at radius 1 is 1.15 bits per heavy atom. The van der Waals surface area contributed by atoms with Crippen LogP contribution in [0.25, 0.3) is 21.3 Å². The van der Waals surface area contributed by atoms with Crippen LogP contribution in [-0.4, -0.2) is 9.55 Å². The number of hydrogen-bond acceptors (Lipinski definition) is 3. The summed E-state index contributed by atoms with van der Waals surface area (Å²) in [5, 5.41) is 1.20. The van der Waals surface area contributed by atoms with E-state index in [0.717, 1.165) is 16.0 Å². The van der Waals surface area contributed by atoms with E-state index in [1.807, 2.05) is 19.1 Å². The van der Waals surface area contributed by atoms with Crippen molar-refractivity contribution in [3.63, 3.8) is 0 Å². The van der Waals surface area contributed by atoms with Crippen molar-refractivity contribution in [1.29, 1.82) is 0 Å². The molecule has 0 aliphatic carbocycles. The fraction of sp³-hybridized carbons (Fsp3) is 0.100. The highest BCUT2D eigenvalue weighted by Gasteiger charge is 2.17. The van der Waals surface area contributed by atoms with Gasteiger partial charge in [-0.15, -0.1) is 11.3 Å². The quantitative estimate of drug-likeness (QED) is 0.482. The van der Waals surface area contributed by atoms with Crippen LogP contribution in [0.15, 0.2) is 59.7 Å². The van der Waals surface area contributed by atoms with Crippen molar-refractivity contribution in [3.05, 3.63) is 86.5 Å². The van der Waals surface area contributed by atoms with Crippen LogP contribution in [-0.2, 0) is 6.54 Å². The lowest BCUT2D eigenvalue weighted by Gasteiger charge is -2.07. The normalized spacial score (nSPS) is 11.2. The molecule has 130 valence electrons. The third-order valence-corrected chi connectivity index (χ3v) is 5.55. The highest BCUT2D eigenvalue weighted by atomic mass is 35.5. The van der Waals surface area contributed by atoms with Crippen molar-refractivity contribution >= 4 is 33.2 Å². The van der Waals surface area contributed by atoms with E-state index in [0.29, 0.717) is 20.8 Å². The zero-order chi connectivity index (χ0) is 18.3. The first-order valence-corrected chi connectivity index (χ1v) is 9.22. The molecule has 0 atom stereocenters. The topological polar surface area (TPSA) is 34.9 Å². The SMILES string of the molecule is Cc1sc2ncn(Cc3ccccc3F)c(=O)c2c1-c1ccc(Cl)cc1. The maximum atomic E-state index is 14.0. The molecular weight excluding hydrogens is 371 g/mol. The van der Waals surface area contributed by atoms with Gasteiger partial charge in [0.25, 0.3) is 5.56 Å². The number of thiophene rings is 1. The van der Waals surface area contributed by atoms with Crippen molar-refractivity contribution in [2.24, 2.45) is 0 Å². The number of halogens is 2. The van der Waals surface area contributed by atoms with Gasteiger partial charge in [-0.05, 0) is 30.7 Å². The van der Waals surface area contributed by atoms with Gasteiger partial charge < -0.3 is 0 Å². The number of rotatable bonds is 3. The first-order chi connectivity index (χ1) is 12.5. The third kappa shape index (κ3) is 2.93. The largest absolute Gasteiger partial charge is 0.294 e. The average Bonchev–Trinajstić information content (AvgIpc) is 2.97. The zero-order valence-electron chi connectivity index (χ0n) is 13.9. The highest BCUT2D eigenvalue weighted by molar-refractivity contribution is 7.19. The maximum absolute atomic E-state index is 14.0. The Bertz CT molecular complexity index is 1160. The molecule has 0 saturated carbocycles. The summed E-state index contributed by atoms with van der Waals surface area (Å²) < 4.78 is 15.4. The van der Waals surface area contributed by atoms with Gasteiger partial charge in [-0.1, -0.05) is 41.9 Å². The number of aryl methyl sites for hydroxylation is 1. The molecule has 0 unspecified atom stereocenters. The summed E-state index contributed by atoms with van der Waals surface area (Å²) in [6.07, 6.45) is 1.48. The van der Waals surface area contributed by atoms with E-state index in [-0.39, 0.29) is 17.9 Å². The molecule has 26 heavy (non-hydrogen) atoms. The van der Waals surface area contributed by atoms with Gasteiger partial charge in [0.1, 0.15) is 10.6 Å². The van der Waals surface area contributed by atoms with Gasteiger partial charge in [-0.3, -0.25) is 9.36 Å². The molecule has 2 aromatic carbocycles. The van der Waals surface area contributed by atoms with Crippen LogP contribution in [0.4, 0.5) is 4.39 Å². The summed E-state index contributed by atoms with van der Waals surface area (Å²) in [6, 6.07) is 13.8. The Morgan fingerprint density at radius 2 is 1.88 bits per heavy atom. The van der Waals surface area contributed by atoms with Gasteiger partial charge in [0.05, 0.1) is 18.3 Å². The predicted molar refractivity (Wildman–Crippen MR) is 105 cm³/mol. The molecule has 0 amide bonds. The smallest absolute Gasteiger partial charge is 0.263 e. The van der Waals surface area contributed by atoms with E-state index in [1.165, 1.54) is 28.3 Å². The maximum Gasteiger partial charge on any atom is 0.263 e. The van der Waals surface area contributed by atoms with Crippen LogP contribution in [0.1, 0.15) is 10.4 Å². The van der Waals surface area contributed by atoms with Gasteiger partial charge in [-0.2, -0.15) is 0 Å². The molecule has 0 spiro atoms. The number of hydrogen-bond donors (Lipinski definition) is 0. The molecule has 0 N–H and O–H groups in total. The number of fused-ring (bicyclic) bond motifs is 1. The summed E-state index contributed by atoms with van der Waals surface area (Å²) in [4.78, 5) is 19.2. The van der Waals surface area contributed by atoms with Crippen molar-refractivity contribution < 1.29 is 4.39 Å². The minimum Gasteiger partial charge on any atom is -0.294 e. The summed E-state index contributed by atoms with van der Waals surface area (Å²) in [5.41, 5.74) is 2.06. The van der Waals surface area contributed by atoms with E-state index in [1.54, 1.807) is 30.3 Å². The second-order valence-corrected chi connectivity index (χ2v) is 7.63. The fourth-order valence-electron chi connectivity index (χ4n) is 3.02. The summed E-state index contributed by atoms with van der Waals surface area (Å²) >= 11 is 7.46. The van der Waals surface area contributed by atoms with Crippen LogP contribution in [0.2, 0.25) is 5.02 Å². The molecule has 0 aliphatic rings. The Labute approximate surface area is 158 Å². The molecule has 4 rings (SSSR count). The molecule has 0 bridgehead atoms. The van der Waals surface area contributed by atoms with Crippen LogP contribution in [0.5, 0.6) is 0 Å². The first kappa shape index (κ1) is 16.9. The van der Waals surface area contributed by atoms with Gasteiger partial charge >= 0.3 is 0 Å². The van der Waals surface area contributed by atoms with Crippen LogP contribution in [0, 0.1) is 12.7 Å². The van der Waals surface area contributed by atoms with Crippen molar-refractivity contribution in [3.8, 4) is 11.1 Å². The van der Waals surface area contributed by atoms with Crippen LogP contribution >= 0.6 is 22.9 Å². The van der Waals surface area contributed by atoms with Crippen LogP contribution in [0.3, 0.4) is 0 Å². The molecule has 2 aromatic heterocycles. The second-order valence-electron chi connectivity index (χ2n) is 5.99. The predicted octanol–water partition coefficient (Wildman–Crippen LogP) is 5.27. The average molecular weight is 385 g/mol. The van der Waals surface area contributed by atoms with E-state index in [9.17, 15) is 9.18 Å². The Kier molecular flexibility index (Phi) is 4.34. The van der Waals surface area contributed by atoms with Crippen LogP contribution < -0.4 is 5.56 Å². The number of nitrogens with zero attached hydrogens (tertiary/aromatic N) is 2. The summed E-state index contributed by atoms with van der Waals surface area (Å²) in [5.74, 6) is -0.334. The second kappa shape index (κ2) is 6.67.